The third kappa shape index (κ3) is 1.25. The van der Waals surface area contributed by atoms with Crippen LogP contribution in [-0.4, -0.2) is 25.4 Å². The Hall–Kier alpha value is -1.22. The average molecular weight is 178 g/mol. The normalized spacial score (nSPS) is 29.8. The number of rotatable bonds is 1. The number of hydrogen-bond donors (Lipinski definition) is 0. The zero-order chi connectivity index (χ0) is 8.67. The summed E-state index contributed by atoms with van der Waals surface area (Å²) in [6.45, 7) is 1.40. The summed E-state index contributed by atoms with van der Waals surface area (Å²) < 4.78 is 16.4. The summed E-state index contributed by atoms with van der Waals surface area (Å²) in [4.78, 5) is 0. The van der Waals surface area contributed by atoms with E-state index in [0.717, 1.165) is 18.1 Å². The molecule has 0 saturated carbocycles. The van der Waals surface area contributed by atoms with Crippen LogP contribution >= 0.6 is 0 Å². The molecule has 3 nitrogen and oxygen atoms in total. The number of benzene rings is 1. The lowest BCUT2D eigenvalue weighted by molar-refractivity contribution is 0.0690. The molecule has 0 spiro atoms. The maximum Gasteiger partial charge on any atom is 0.161 e. The smallest absolute Gasteiger partial charge is 0.161 e. The molecule has 13 heavy (non-hydrogen) atoms. The van der Waals surface area contributed by atoms with Crippen molar-refractivity contribution >= 4 is 0 Å². The van der Waals surface area contributed by atoms with Gasteiger partial charge in [-0.2, -0.15) is 0 Å². The van der Waals surface area contributed by atoms with Crippen LogP contribution in [0.4, 0.5) is 0 Å². The Labute approximate surface area is 76.2 Å². The molecule has 2 atom stereocenters. The minimum atomic E-state index is 0.0786. The van der Waals surface area contributed by atoms with Crippen molar-refractivity contribution in [3.63, 3.8) is 0 Å². The fourth-order valence-corrected chi connectivity index (χ4v) is 1.49. The van der Waals surface area contributed by atoms with Gasteiger partial charge in [0.05, 0.1) is 6.61 Å². The second kappa shape index (κ2) is 2.64. The summed E-state index contributed by atoms with van der Waals surface area (Å²) in [5, 5.41) is 0. The number of epoxide rings is 1. The van der Waals surface area contributed by atoms with Crippen molar-refractivity contribution in [2.75, 3.05) is 13.2 Å². The van der Waals surface area contributed by atoms with E-state index in [4.69, 9.17) is 14.2 Å². The van der Waals surface area contributed by atoms with E-state index in [1.165, 1.54) is 0 Å². The van der Waals surface area contributed by atoms with Gasteiger partial charge < -0.3 is 14.2 Å². The van der Waals surface area contributed by atoms with Crippen LogP contribution in [0.1, 0.15) is 0 Å². The zero-order valence-corrected chi connectivity index (χ0v) is 7.10. The van der Waals surface area contributed by atoms with Crippen LogP contribution in [-0.2, 0) is 4.74 Å². The number of ether oxygens (including phenoxy) is 3. The van der Waals surface area contributed by atoms with Gasteiger partial charge in [0.2, 0.25) is 0 Å². The van der Waals surface area contributed by atoms with Crippen LogP contribution in [0.25, 0.3) is 0 Å². The van der Waals surface area contributed by atoms with Crippen molar-refractivity contribution in [1.29, 1.82) is 0 Å². The molecule has 1 fully saturated rings. The molecule has 1 unspecified atom stereocenters. The molecule has 0 amide bonds. The Bertz CT molecular complexity index is 320. The van der Waals surface area contributed by atoms with Gasteiger partial charge in [-0.3, -0.25) is 0 Å². The lowest BCUT2D eigenvalue weighted by Crippen LogP contribution is -2.33. The van der Waals surface area contributed by atoms with Gasteiger partial charge in [0, 0.05) is 0 Å². The predicted molar refractivity (Wildman–Crippen MR) is 46.1 cm³/mol. The summed E-state index contributed by atoms with van der Waals surface area (Å²) in [5.74, 6) is 1.66. The highest BCUT2D eigenvalue weighted by Crippen LogP contribution is 2.33. The lowest BCUT2D eigenvalue weighted by Gasteiger charge is -2.25. The summed E-state index contributed by atoms with van der Waals surface area (Å²) in [6.07, 6.45) is 0.322. The van der Waals surface area contributed by atoms with Crippen LogP contribution < -0.4 is 9.47 Å². The van der Waals surface area contributed by atoms with E-state index in [1.807, 2.05) is 24.3 Å². The maximum atomic E-state index is 5.71. The first-order chi connectivity index (χ1) is 6.43. The molecule has 0 aromatic heterocycles. The molecule has 0 bridgehead atoms. The first kappa shape index (κ1) is 7.21. The van der Waals surface area contributed by atoms with E-state index >= 15 is 0 Å². The van der Waals surface area contributed by atoms with Gasteiger partial charge >= 0.3 is 0 Å². The van der Waals surface area contributed by atoms with Crippen molar-refractivity contribution < 1.29 is 14.2 Å². The Morgan fingerprint density at radius 1 is 1.00 bits per heavy atom. The van der Waals surface area contributed by atoms with Gasteiger partial charge in [-0.1, -0.05) is 12.1 Å². The number of hydrogen-bond acceptors (Lipinski definition) is 3. The molecule has 2 aliphatic heterocycles. The monoisotopic (exact) mass is 178 g/mol. The molecule has 68 valence electrons. The first-order valence-electron chi connectivity index (χ1n) is 4.43. The standard InChI is InChI=1S/C10H10O3/c1-2-4-8-7(3-1)11-6-10(13-8)9-5-12-9/h1-4,9-10H,5-6H2/t9-,10?/m1/s1. The summed E-state index contributed by atoms with van der Waals surface area (Å²) in [7, 11) is 0. The number of fused-ring (bicyclic) bond motifs is 1. The lowest BCUT2D eigenvalue weighted by atomic mass is 10.2. The highest BCUT2D eigenvalue weighted by atomic mass is 16.6. The SMILES string of the molecule is c1ccc2c(c1)OCC([C@H]1CO1)O2. The van der Waals surface area contributed by atoms with Crippen LogP contribution in [0, 0.1) is 0 Å². The second-order valence-electron chi connectivity index (χ2n) is 3.29. The van der Waals surface area contributed by atoms with E-state index in [-0.39, 0.29) is 12.2 Å². The second-order valence-corrected chi connectivity index (χ2v) is 3.29. The molecule has 0 N–H and O–H groups in total. The fourth-order valence-electron chi connectivity index (χ4n) is 1.49. The molecule has 2 aliphatic rings. The fraction of sp³-hybridized carbons (Fsp3) is 0.400. The molecule has 0 aliphatic carbocycles. The van der Waals surface area contributed by atoms with Crippen molar-refractivity contribution in [1.82, 2.24) is 0 Å². The van der Waals surface area contributed by atoms with Crippen molar-refractivity contribution in [2.24, 2.45) is 0 Å². The molecule has 2 heterocycles. The third-order valence-corrected chi connectivity index (χ3v) is 2.30. The Kier molecular flexibility index (Phi) is 1.46. The molecular weight excluding hydrogens is 168 g/mol. The van der Waals surface area contributed by atoms with Gasteiger partial charge in [-0.15, -0.1) is 0 Å². The van der Waals surface area contributed by atoms with Gasteiger partial charge in [-0.25, -0.2) is 0 Å². The third-order valence-electron chi connectivity index (χ3n) is 2.30. The molecule has 1 aromatic rings. The number of para-hydroxylation sites is 2. The highest BCUT2D eigenvalue weighted by Gasteiger charge is 2.37. The van der Waals surface area contributed by atoms with Crippen LogP contribution in [0.3, 0.4) is 0 Å². The van der Waals surface area contributed by atoms with Crippen molar-refractivity contribution in [3.8, 4) is 11.5 Å². The minimum absolute atomic E-state index is 0.0786. The average Bonchev–Trinajstić information content (AvgIpc) is 3.00. The molecule has 1 saturated heterocycles. The van der Waals surface area contributed by atoms with Gasteiger partial charge in [0.15, 0.2) is 17.6 Å². The first-order valence-corrected chi connectivity index (χ1v) is 4.43. The largest absolute Gasteiger partial charge is 0.486 e. The Morgan fingerprint density at radius 3 is 2.54 bits per heavy atom. The molecule has 1 aromatic carbocycles. The van der Waals surface area contributed by atoms with Crippen molar-refractivity contribution in [3.05, 3.63) is 24.3 Å². The topological polar surface area (TPSA) is 31.0 Å². The van der Waals surface area contributed by atoms with E-state index in [2.05, 4.69) is 0 Å². The van der Waals surface area contributed by atoms with E-state index in [0.29, 0.717) is 6.61 Å². The van der Waals surface area contributed by atoms with Gasteiger partial charge in [-0.05, 0) is 12.1 Å². The van der Waals surface area contributed by atoms with Crippen LogP contribution in [0.15, 0.2) is 24.3 Å². The molecule has 3 rings (SSSR count). The predicted octanol–water partition coefficient (Wildman–Crippen LogP) is 1.23. The molecular formula is C10H10O3. The van der Waals surface area contributed by atoms with E-state index < -0.39 is 0 Å². The van der Waals surface area contributed by atoms with Gasteiger partial charge in [0.25, 0.3) is 0 Å². The van der Waals surface area contributed by atoms with Crippen molar-refractivity contribution in [2.45, 2.75) is 12.2 Å². The van der Waals surface area contributed by atoms with Gasteiger partial charge in [0.1, 0.15) is 12.7 Å². The summed E-state index contributed by atoms with van der Waals surface area (Å²) in [5.41, 5.74) is 0. The van der Waals surface area contributed by atoms with Crippen LogP contribution in [0.2, 0.25) is 0 Å². The Balaban J connectivity index is 1.85. The summed E-state index contributed by atoms with van der Waals surface area (Å²) in [6, 6.07) is 7.72. The highest BCUT2D eigenvalue weighted by molar-refractivity contribution is 5.40. The Morgan fingerprint density at radius 2 is 1.77 bits per heavy atom. The van der Waals surface area contributed by atoms with E-state index in [1.54, 1.807) is 0 Å². The maximum absolute atomic E-state index is 5.71. The summed E-state index contributed by atoms with van der Waals surface area (Å²) >= 11 is 0. The molecule has 3 heteroatoms. The van der Waals surface area contributed by atoms with Crippen LogP contribution in [0.5, 0.6) is 11.5 Å². The minimum Gasteiger partial charge on any atom is -0.486 e. The quantitative estimate of drug-likeness (QED) is 0.606. The van der Waals surface area contributed by atoms with E-state index in [9.17, 15) is 0 Å². The zero-order valence-electron chi connectivity index (χ0n) is 7.10. The molecule has 0 radical (unpaired) electrons.